The number of ketones is 2. The van der Waals surface area contributed by atoms with Gasteiger partial charge in [-0.25, -0.2) is 0 Å². The normalized spacial score (nSPS) is 29.9. The Hall–Kier alpha value is -4.13. The van der Waals surface area contributed by atoms with Gasteiger partial charge in [0.25, 0.3) is 0 Å². The van der Waals surface area contributed by atoms with Crippen LogP contribution in [0.15, 0.2) is 77.9 Å². The number of fused-ring (bicyclic) bond motifs is 5. The van der Waals surface area contributed by atoms with Gasteiger partial charge < -0.3 is 16.0 Å². The van der Waals surface area contributed by atoms with Gasteiger partial charge in [-0.05, 0) is 152 Å². The molecule has 0 spiro atoms. The molecular formula is C44H48N4O2. The smallest absolute Gasteiger partial charge is 0.188 e. The van der Waals surface area contributed by atoms with Crippen molar-refractivity contribution in [2.24, 2.45) is 33.9 Å². The van der Waals surface area contributed by atoms with Crippen molar-refractivity contribution in [1.82, 2.24) is 4.90 Å². The molecule has 4 bridgehead atoms. The second kappa shape index (κ2) is 12.9. The van der Waals surface area contributed by atoms with E-state index in [1.807, 2.05) is 36.5 Å². The third-order valence-corrected chi connectivity index (χ3v) is 12.9. The van der Waals surface area contributed by atoms with Gasteiger partial charge in [-0.3, -0.25) is 14.6 Å². The van der Waals surface area contributed by atoms with E-state index in [4.69, 9.17) is 5.73 Å². The maximum atomic E-state index is 13.9. The molecule has 2 aliphatic heterocycles. The molecule has 3 N–H and O–H groups in total. The van der Waals surface area contributed by atoms with Crippen LogP contribution in [0, 0.1) is 33.6 Å². The van der Waals surface area contributed by atoms with E-state index in [1.165, 1.54) is 74.9 Å². The fourth-order valence-electron chi connectivity index (χ4n) is 11.2. The summed E-state index contributed by atoms with van der Waals surface area (Å²) in [6.45, 7) is 3.38. The van der Waals surface area contributed by atoms with E-state index in [9.17, 15) is 9.59 Å². The summed E-state index contributed by atoms with van der Waals surface area (Å²) in [5.41, 5.74) is 11.5. The van der Waals surface area contributed by atoms with Gasteiger partial charge in [-0.15, -0.1) is 0 Å². The average Bonchev–Trinajstić information content (AvgIpc) is 3.54. The Balaban J connectivity index is 0.000000260. The summed E-state index contributed by atoms with van der Waals surface area (Å²) in [4.78, 5) is 34.5. The predicted octanol–water partition coefficient (Wildman–Crippen LogP) is 6.52. The summed E-state index contributed by atoms with van der Waals surface area (Å²) in [6, 6.07) is 19.7. The molecule has 2 heterocycles. The summed E-state index contributed by atoms with van der Waals surface area (Å²) in [6.07, 6.45) is 20.2. The summed E-state index contributed by atoms with van der Waals surface area (Å²) < 4.78 is 0. The maximum absolute atomic E-state index is 13.9. The van der Waals surface area contributed by atoms with Gasteiger partial charge in [0.1, 0.15) is 6.04 Å². The van der Waals surface area contributed by atoms with Gasteiger partial charge in [0, 0.05) is 29.5 Å². The molecular weight excluding hydrogens is 617 g/mol. The van der Waals surface area contributed by atoms with Crippen LogP contribution in [-0.4, -0.2) is 48.4 Å². The molecule has 8 aliphatic rings. The number of benzene rings is 3. The molecule has 4 saturated carbocycles. The SMILES string of the molecule is C1=CNc2ccccc2N=C1.NC1C(=O)C(CC23CC4CC(CC(C4)C2)C3)=c2ccc3c(c2C1=O)C(CCN1CCCC1)C=c1ccccc1=3. The van der Waals surface area contributed by atoms with Crippen LogP contribution >= 0.6 is 0 Å². The molecule has 256 valence electrons. The second-order valence-electron chi connectivity index (χ2n) is 16.2. The van der Waals surface area contributed by atoms with Gasteiger partial charge in [0.05, 0.1) is 11.4 Å². The summed E-state index contributed by atoms with van der Waals surface area (Å²) in [7, 11) is 0. The molecule has 2 atom stereocenters. The van der Waals surface area contributed by atoms with E-state index in [-0.39, 0.29) is 22.9 Å². The van der Waals surface area contributed by atoms with E-state index in [0.717, 1.165) is 75.7 Å². The number of anilines is 1. The highest BCUT2D eigenvalue weighted by molar-refractivity contribution is 6.32. The van der Waals surface area contributed by atoms with Gasteiger partial charge in [0.2, 0.25) is 0 Å². The molecule has 5 fully saturated rings. The van der Waals surface area contributed by atoms with Gasteiger partial charge in [0.15, 0.2) is 11.6 Å². The number of nitrogens with two attached hydrogens (primary N) is 1. The lowest BCUT2D eigenvalue weighted by atomic mass is 9.48. The zero-order valence-corrected chi connectivity index (χ0v) is 29.0. The first-order valence-corrected chi connectivity index (χ1v) is 19.0. The third kappa shape index (κ3) is 5.71. The lowest BCUT2D eigenvalue weighted by Crippen LogP contribution is -2.51. The van der Waals surface area contributed by atoms with Crippen LogP contribution in [0.4, 0.5) is 11.4 Å². The minimum atomic E-state index is -1.07. The van der Waals surface area contributed by atoms with Crippen molar-refractivity contribution >= 4 is 40.8 Å². The maximum Gasteiger partial charge on any atom is 0.188 e. The molecule has 0 amide bonds. The monoisotopic (exact) mass is 664 g/mol. The number of rotatable bonds is 5. The van der Waals surface area contributed by atoms with Crippen LogP contribution in [0.25, 0.3) is 11.6 Å². The Morgan fingerprint density at radius 3 is 2.30 bits per heavy atom. The first-order chi connectivity index (χ1) is 24.4. The average molecular weight is 665 g/mol. The molecule has 2 unspecified atom stereocenters. The summed E-state index contributed by atoms with van der Waals surface area (Å²) in [5, 5.41) is 7.61. The van der Waals surface area contributed by atoms with Crippen molar-refractivity contribution in [2.45, 2.75) is 76.2 Å². The number of para-hydroxylation sites is 2. The molecule has 6 aliphatic carbocycles. The molecule has 3 aromatic rings. The quantitative estimate of drug-likeness (QED) is 0.304. The highest BCUT2D eigenvalue weighted by Gasteiger charge is 2.52. The lowest BCUT2D eigenvalue weighted by Gasteiger charge is -2.57. The lowest BCUT2D eigenvalue weighted by molar-refractivity contribution is -0.115. The Morgan fingerprint density at radius 2 is 1.52 bits per heavy atom. The van der Waals surface area contributed by atoms with Crippen LogP contribution in [0.2, 0.25) is 0 Å². The molecule has 1 saturated heterocycles. The van der Waals surface area contributed by atoms with E-state index in [0.29, 0.717) is 0 Å². The minimum absolute atomic E-state index is 0.114. The number of hydrogen-bond acceptors (Lipinski definition) is 6. The number of hydrogen-bond donors (Lipinski definition) is 2. The molecule has 6 nitrogen and oxygen atoms in total. The van der Waals surface area contributed by atoms with E-state index >= 15 is 0 Å². The largest absolute Gasteiger partial charge is 0.360 e. The first-order valence-electron chi connectivity index (χ1n) is 19.0. The number of nitrogens with one attached hydrogen (secondary N) is 1. The van der Waals surface area contributed by atoms with Crippen molar-refractivity contribution in [3.63, 3.8) is 0 Å². The number of Topliss-reactive ketones (excluding diaryl/α,β-unsaturated/α-hetero) is 2. The topological polar surface area (TPSA) is 87.8 Å². The fraction of sp³-hybridized carbons (Fsp3) is 0.432. The van der Waals surface area contributed by atoms with Crippen LogP contribution < -0.4 is 21.5 Å². The highest BCUT2D eigenvalue weighted by atomic mass is 16.2. The molecule has 3 aromatic carbocycles. The van der Waals surface area contributed by atoms with E-state index in [2.05, 4.69) is 57.7 Å². The Labute approximate surface area is 294 Å². The number of carbonyl (C=O) groups excluding carboxylic acids is 2. The number of carbonyl (C=O) groups is 2. The molecule has 6 heteroatoms. The van der Waals surface area contributed by atoms with Crippen molar-refractivity contribution in [3.8, 4) is 0 Å². The Kier molecular flexibility index (Phi) is 8.20. The zero-order chi connectivity index (χ0) is 33.8. The van der Waals surface area contributed by atoms with Crippen molar-refractivity contribution in [3.05, 3.63) is 105 Å². The van der Waals surface area contributed by atoms with Gasteiger partial charge in [-0.1, -0.05) is 54.6 Å². The molecule has 0 aromatic heterocycles. The second-order valence-corrected chi connectivity index (χ2v) is 16.2. The first kappa shape index (κ1) is 31.8. The van der Waals surface area contributed by atoms with Crippen molar-refractivity contribution in [1.29, 1.82) is 0 Å². The highest BCUT2D eigenvalue weighted by Crippen LogP contribution is 2.62. The van der Waals surface area contributed by atoms with Crippen molar-refractivity contribution < 1.29 is 9.59 Å². The molecule has 50 heavy (non-hydrogen) atoms. The van der Waals surface area contributed by atoms with E-state index in [1.54, 1.807) is 6.21 Å². The van der Waals surface area contributed by atoms with E-state index < -0.39 is 6.04 Å². The minimum Gasteiger partial charge on any atom is -0.360 e. The standard InChI is InChI=1S/C35H40N2O2.C9H8N2/c36-32-33(38)29(20-35-17-21-13-22(18-35)15-23(14-21)19-35)28-8-7-27-26-6-2-1-5-24(26)16-25(30(27)31(28)34(32)39)9-12-37-10-3-4-11-37;1-2-5-9-8(4-1)10-6-3-7-11-9/h1-2,5-8,16,21-23,25,32H,3-4,9-15,17-20,36H2;1-7,10H. The molecule has 11 rings (SSSR count). The molecule has 0 radical (unpaired) electrons. The Morgan fingerprint density at radius 1 is 0.820 bits per heavy atom. The van der Waals surface area contributed by atoms with Crippen LogP contribution in [0.3, 0.4) is 0 Å². The Bertz CT molecular complexity index is 2110. The zero-order valence-electron chi connectivity index (χ0n) is 29.0. The number of likely N-dealkylation sites (tertiary alicyclic amines) is 1. The van der Waals surface area contributed by atoms with Crippen LogP contribution in [-0.2, 0) is 4.79 Å². The van der Waals surface area contributed by atoms with Gasteiger partial charge >= 0.3 is 0 Å². The predicted molar refractivity (Wildman–Crippen MR) is 201 cm³/mol. The fourth-order valence-corrected chi connectivity index (χ4v) is 11.2. The summed E-state index contributed by atoms with van der Waals surface area (Å²) >= 11 is 0. The van der Waals surface area contributed by atoms with Gasteiger partial charge in [-0.2, -0.15) is 0 Å². The third-order valence-electron chi connectivity index (χ3n) is 12.9. The summed E-state index contributed by atoms with van der Waals surface area (Å²) in [5.74, 6) is 2.35. The van der Waals surface area contributed by atoms with Crippen LogP contribution in [0.5, 0.6) is 0 Å². The van der Waals surface area contributed by atoms with Crippen molar-refractivity contribution in [2.75, 3.05) is 25.0 Å². The number of nitrogens with zero attached hydrogens (tertiary/aromatic N) is 2. The number of allylic oxidation sites excluding steroid dienone is 1. The number of aliphatic imine (C=N–C) groups is 1. The van der Waals surface area contributed by atoms with Crippen LogP contribution in [0.1, 0.15) is 86.0 Å².